The van der Waals surface area contributed by atoms with Crippen LogP contribution in [0.3, 0.4) is 0 Å². The fourth-order valence-corrected chi connectivity index (χ4v) is 4.15. The Labute approximate surface area is 124 Å². The van der Waals surface area contributed by atoms with Gasteiger partial charge < -0.3 is 4.74 Å². The van der Waals surface area contributed by atoms with Gasteiger partial charge in [-0.1, -0.05) is 0 Å². The van der Waals surface area contributed by atoms with Crippen molar-refractivity contribution in [3.63, 3.8) is 0 Å². The van der Waals surface area contributed by atoms with Crippen LogP contribution < -0.4 is 4.74 Å². The van der Waals surface area contributed by atoms with Gasteiger partial charge in [-0.25, -0.2) is 0 Å². The molecule has 2 nitrogen and oxygen atoms in total. The van der Waals surface area contributed by atoms with Crippen LogP contribution in [-0.4, -0.2) is 11.9 Å². The lowest BCUT2D eigenvalue weighted by molar-refractivity contribution is 0.104. The summed E-state index contributed by atoms with van der Waals surface area (Å²) in [7, 11) is 0. The van der Waals surface area contributed by atoms with Crippen molar-refractivity contribution in [2.75, 3.05) is 0 Å². The van der Waals surface area contributed by atoms with Gasteiger partial charge in [0.25, 0.3) is 0 Å². The number of thiophene rings is 2. The van der Waals surface area contributed by atoms with E-state index in [-0.39, 0.29) is 5.78 Å². The molecule has 1 saturated carbocycles. The van der Waals surface area contributed by atoms with Gasteiger partial charge >= 0.3 is 0 Å². The van der Waals surface area contributed by atoms with Crippen molar-refractivity contribution in [3.8, 4) is 5.75 Å². The van der Waals surface area contributed by atoms with Gasteiger partial charge in [0.2, 0.25) is 5.78 Å². The Bertz CT molecular complexity index is 735. The molecule has 100 valence electrons. The zero-order valence-electron chi connectivity index (χ0n) is 10.7. The molecule has 2 aromatic heterocycles. The highest BCUT2D eigenvalue weighted by Crippen LogP contribution is 2.32. The topological polar surface area (TPSA) is 26.3 Å². The zero-order chi connectivity index (χ0) is 13.5. The molecule has 0 saturated heterocycles. The third-order valence-corrected chi connectivity index (χ3v) is 5.40. The molecule has 20 heavy (non-hydrogen) atoms. The van der Waals surface area contributed by atoms with Crippen LogP contribution in [0.2, 0.25) is 0 Å². The van der Waals surface area contributed by atoms with Crippen molar-refractivity contribution in [2.45, 2.75) is 18.9 Å². The second-order valence-corrected chi connectivity index (χ2v) is 6.96. The van der Waals surface area contributed by atoms with E-state index in [2.05, 4.69) is 11.4 Å². The Morgan fingerprint density at radius 1 is 1.10 bits per heavy atom. The number of hydrogen-bond acceptors (Lipinski definition) is 4. The summed E-state index contributed by atoms with van der Waals surface area (Å²) >= 11 is 3.24. The molecule has 1 fully saturated rings. The Morgan fingerprint density at radius 3 is 2.60 bits per heavy atom. The van der Waals surface area contributed by atoms with Crippen molar-refractivity contribution in [2.24, 2.45) is 0 Å². The van der Waals surface area contributed by atoms with E-state index in [1.54, 1.807) is 22.7 Å². The highest BCUT2D eigenvalue weighted by Gasteiger charge is 2.23. The molecule has 0 spiro atoms. The van der Waals surface area contributed by atoms with E-state index >= 15 is 0 Å². The molecule has 2 heterocycles. The molecule has 1 aromatic carbocycles. The van der Waals surface area contributed by atoms with Crippen LogP contribution in [-0.2, 0) is 0 Å². The van der Waals surface area contributed by atoms with Crippen LogP contribution in [0.1, 0.15) is 28.1 Å². The summed E-state index contributed by atoms with van der Waals surface area (Å²) in [6.07, 6.45) is 2.68. The van der Waals surface area contributed by atoms with E-state index in [9.17, 15) is 4.79 Å². The smallest absolute Gasteiger partial charge is 0.203 e. The summed E-state index contributed by atoms with van der Waals surface area (Å²) in [5.74, 6) is 0.951. The number of ketones is 1. The zero-order valence-corrected chi connectivity index (χ0v) is 12.3. The third kappa shape index (κ3) is 2.25. The van der Waals surface area contributed by atoms with Crippen LogP contribution in [0.15, 0.2) is 41.8 Å². The van der Waals surface area contributed by atoms with E-state index in [0.717, 1.165) is 29.0 Å². The second kappa shape index (κ2) is 4.72. The summed E-state index contributed by atoms with van der Waals surface area (Å²) in [6, 6.07) is 11.5. The van der Waals surface area contributed by atoms with Crippen LogP contribution >= 0.6 is 22.7 Å². The first-order valence-corrected chi connectivity index (χ1v) is 8.28. The van der Waals surface area contributed by atoms with Crippen LogP contribution in [0.5, 0.6) is 5.75 Å². The molecule has 0 amide bonds. The van der Waals surface area contributed by atoms with Gasteiger partial charge in [0.15, 0.2) is 0 Å². The quantitative estimate of drug-likeness (QED) is 0.651. The minimum absolute atomic E-state index is 0.0939. The number of fused-ring (bicyclic) bond motifs is 1. The molecule has 0 atom stereocenters. The number of carbonyl (C=O) groups is 1. The second-order valence-electron chi connectivity index (χ2n) is 4.93. The molecule has 0 bridgehead atoms. The number of hydrogen-bond donors (Lipinski definition) is 0. The lowest BCUT2D eigenvalue weighted by atomic mass is 10.1. The first-order valence-electron chi connectivity index (χ1n) is 6.58. The Hall–Kier alpha value is -1.65. The van der Waals surface area contributed by atoms with Crippen molar-refractivity contribution in [3.05, 3.63) is 52.2 Å². The van der Waals surface area contributed by atoms with E-state index < -0.39 is 0 Å². The minimum Gasteiger partial charge on any atom is -0.490 e. The van der Waals surface area contributed by atoms with Gasteiger partial charge in [-0.15, -0.1) is 22.7 Å². The van der Waals surface area contributed by atoms with Crippen molar-refractivity contribution >= 4 is 37.9 Å². The van der Waals surface area contributed by atoms with Gasteiger partial charge in [0, 0.05) is 15.0 Å². The number of rotatable bonds is 4. The van der Waals surface area contributed by atoms with E-state index in [4.69, 9.17) is 4.74 Å². The van der Waals surface area contributed by atoms with E-state index in [1.165, 1.54) is 9.40 Å². The Kier molecular flexibility index (Phi) is 2.86. The highest BCUT2D eigenvalue weighted by atomic mass is 32.1. The van der Waals surface area contributed by atoms with Gasteiger partial charge in [-0.05, 0) is 54.6 Å². The molecular weight excluding hydrogens is 288 g/mol. The van der Waals surface area contributed by atoms with Crippen molar-refractivity contribution < 1.29 is 9.53 Å². The fraction of sp³-hybridized carbons (Fsp3) is 0.188. The largest absolute Gasteiger partial charge is 0.490 e. The van der Waals surface area contributed by atoms with Crippen LogP contribution in [0, 0.1) is 0 Å². The highest BCUT2D eigenvalue weighted by molar-refractivity contribution is 7.28. The average Bonchev–Trinajstić information content (AvgIpc) is 3.00. The fourth-order valence-electron chi connectivity index (χ4n) is 2.08. The summed E-state index contributed by atoms with van der Waals surface area (Å²) < 4.78 is 8.07. The number of benzene rings is 1. The molecule has 0 N–H and O–H groups in total. The first kappa shape index (κ1) is 12.1. The normalized spacial score (nSPS) is 14.6. The van der Waals surface area contributed by atoms with Gasteiger partial charge in [-0.2, -0.15) is 0 Å². The summed E-state index contributed by atoms with van der Waals surface area (Å²) in [6.45, 7) is 0. The number of ether oxygens (including phenoxy) is 1. The molecule has 4 heteroatoms. The van der Waals surface area contributed by atoms with Gasteiger partial charge in [-0.3, -0.25) is 4.79 Å². The molecule has 1 aliphatic carbocycles. The number of carbonyl (C=O) groups excluding carboxylic acids is 1. The predicted octanol–water partition coefficient (Wildman–Crippen LogP) is 4.74. The third-order valence-electron chi connectivity index (χ3n) is 3.31. The van der Waals surface area contributed by atoms with Crippen molar-refractivity contribution in [1.82, 2.24) is 0 Å². The van der Waals surface area contributed by atoms with Gasteiger partial charge in [0.1, 0.15) is 5.75 Å². The molecular formula is C16H12O2S2. The maximum absolute atomic E-state index is 12.4. The molecule has 3 aromatic rings. The molecule has 4 rings (SSSR count). The van der Waals surface area contributed by atoms with E-state index in [1.807, 2.05) is 30.3 Å². The first-order chi connectivity index (χ1) is 9.79. The Morgan fingerprint density at radius 2 is 1.90 bits per heavy atom. The molecule has 0 radical (unpaired) electrons. The maximum atomic E-state index is 12.4. The minimum atomic E-state index is 0.0939. The monoisotopic (exact) mass is 300 g/mol. The van der Waals surface area contributed by atoms with Gasteiger partial charge in [0.05, 0.1) is 11.0 Å². The van der Waals surface area contributed by atoms with Crippen LogP contribution in [0.25, 0.3) is 9.40 Å². The standard InChI is InChI=1S/C16H12O2S2/c17-16(15-9-14-13(20-15)7-8-19-14)10-1-3-11(4-2-10)18-12-5-6-12/h1-4,7-9,12H,5-6H2. The van der Waals surface area contributed by atoms with Crippen LogP contribution in [0.4, 0.5) is 0 Å². The molecule has 1 aliphatic rings. The maximum Gasteiger partial charge on any atom is 0.203 e. The van der Waals surface area contributed by atoms with Crippen molar-refractivity contribution in [1.29, 1.82) is 0 Å². The SMILES string of the molecule is O=C(c1ccc(OC2CC2)cc1)c1cc2sccc2s1. The Balaban J connectivity index is 1.59. The lowest BCUT2D eigenvalue weighted by Crippen LogP contribution is -2.00. The lowest BCUT2D eigenvalue weighted by Gasteiger charge is -2.04. The molecule has 0 unspecified atom stereocenters. The summed E-state index contributed by atoms with van der Waals surface area (Å²) in [5.41, 5.74) is 0.724. The summed E-state index contributed by atoms with van der Waals surface area (Å²) in [4.78, 5) is 13.2. The van der Waals surface area contributed by atoms with E-state index in [0.29, 0.717) is 6.10 Å². The molecule has 0 aliphatic heterocycles. The summed E-state index contributed by atoms with van der Waals surface area (Å²) in [5, 5.41) is 2.05. The average molecular weight is 300 g/mol. The predicted molar refractivity (Wildman–Crippen MR) is 83.2 cm³/mol.